The van der Waals surface area contributed by atoms with E-state index in [9.17, 15) is 4.79 Å². The number of benzene rings is 1. The van der Waals surface area contributed by atoms with Gasteiger partial charge in [-0.15, -0.1) is 0 Å². The van der Waals surface area contributed by atoms with Gasteiger partial charge in [0.15, 0.2) is 0 Å². The van der Waals surface area contributed by atoms with Crippen LogP contribution in [0, 0.1) is 0 Å². The second-order valence-corrected chi connectivity index (χ2v) is 4.89. The van der Waals surface area contributed by atoms with Gasteiger partial charge in [-0.1, -0.05) is 12.1 Å². The monoisotopic (exact) mass is 282 g/mol. The fourth-order valence-electron chi connectivity index (χ4n) is 1.93. The Morgan fingerprint density at radius 3 is 2.94 bits per heavy atom. The number of carbonyl (C=O) groups excluding carboxylic acids is 1. The molecule has 1 saturated heterocycles. The predicted octanol–water partition coefficient (Wildman–Crippen LogP) is 1.88. The third kappa shape index (κ3) is 2.28. The Balaban J connectivity index is 2.21. The minimum atomic E-state index is 0.112. The molecule has 3 nitrogen and oxygen atoms in total. The highest BCUT2D eigenvalue weighted by Crippen LogP contribution is 2.19. The molecule has 1 N–H and O–H groups in total. The quantitative estimate of drug-likeness (QED) is 0.853. The first-order valence-electron chi connectivity index (χ1n) is 5.46. The highest BCUT2D eigenvalue weighted by Gasteiger charge is 2.24. The minimum Gasteiger partial charge on any atom is -0.333 e. The number of halogens is 1. The Morgan fingerprint density at radius 2 is 2.25 bits per heavy atom. The lowest BCUT2D eigenvalue weighted by Crippen LogP contribution is -2.52. The van der Waals surface area contributed by atoms with Gasteiger partial charge in [0.1, 0.15) is 0 Å². The maximum Gasteiger partial charge on any atom is 0.255 e. The molecular formula is C12H15BrN2O. The average molecular weight is 283 g/mol. The van der Waals surface area contributed by atoms with E-state index in [4.69, 9.17) is 0 Å². The fourth-order valence-corrected chi connectivity index (χ4v) is 2.39. The van der Waals surface area contributed by atoms with E-state index in [0.717, 1.165) is 29.7 Å². The molecule has 1 aromatic rings. The zero-order valence-corrected chi connectivity index (χ0v) is 10.8. The molecule has 1 atom stereocenters. The predicted molar refractivity (Wildman–Crippen MR) is 67.5 cm³/mol. The standard InChI is InChI=1S/C12H15BrN2O/c1-9-8-14-6-7-15(9)12(16)10-4-2-3-5-11(10)13/h2-5,9,14H,6-8H2,1H3. The Morgan fingerprint density at radius 1 is 1.50 bits per heavy atom. The van der Waals surface area contributed by atoms with Gasteiger partial charge in [0.25, 0.3) is 5.91 Å². The summed E-state index contributed by atoms with van der Waals surface area (Å²) in [5.41, 5.74) is 0.747. The molecule has 0 aliphatic carbocycles. The van der Waals surface area contributed by atoms with Crippen LogP contribution in [-0.2, 0) is 0 Å². The molecule has 86 valence electrons. The topological polar surface area (TPSA) is 32.3 Å². The SMILES string of the molecule is CC1CNCCN1C(=O)c1ccccc1Br. The van der Waals surface area contributed by atoms with Crippen LogP contribution in [0.25, 0.3) is 0 Å². The van der Waals surface area contributed by atoms with Crippen LogP contribution in [0.5, 0.6) is 0 Å². The van der Waals surface area contributed by atoms with Crippen molar-refractivity contribution in [3.63, 3.8) is 0 Å². The molecule has 1 aliphatic rings. The molecule has 0 aromatic heterocycles. The summed E-state index contributed by atoms with van der Waals surface area (Å²) in [5.74, 6) is 0.112. The first-order chi connectivity index (χ1) is 7.70. The second kappa shape index (κ2) is 4.97. The van der Waals surface area contributed by atoms with Gasteiger partial charge in [-0.3, -0.25) is 4.79 Å². The first kappa shape index (κ1) is 11.6. The van der Waals surface area contributed by atoms with Gasteiger partial charge in [0, 0.05) is 30.1 Å². The van der Waals surface area contributed by atoms with Crippen molar-refractivity contribution in [1.29, 1.82) is 0 Å². The van der Waals surface area contributed by atoms with Crippen LogP contribution in [0.1, 0.15) is 17.3 Å². The van der Waals surface area contributed by atoms with E-state index in [-0.39, 0.29) is 11.9 Å². The van der Waals surface area contributed by atoms with Crippen molar-refractivity contribution >= 4 is 21.8 Å². The maximum atomic E-state index is 12.3. The normalized spacial score (nSPS) is 20.9. The van der Waals surface area contributed by atoms with E-state index in [1.54, 1.807) is 0 Å². The summed E-state index contributed by atoms with van der Waals surface area (Å²) in [5, 5.41) is 3.28. The Bertz CT molecular complexity index is 394. The van der Waals surface area contributed by atoms with Crippen molar-refractivity contribution in [1.82, 2.24) is 10.2 Å². The molecule has 0 bridgehead atoms. The molecule has 1 unspecified atom stereocenters. The Labute approximate surface area is 104 Å². The van der Waals surface area contributed by atoms with Crippen LogP contribution >= 0.6 is 15.9 Å². The Hall–Kier alpha value is -0.870. The van der Waals surface area contributed by atoms with Crippen LogP contribution in [0.15, 0.2) is 28.7 Å². The van der Waals surface area contributed by atoms with E-state index in [1.165, 1.54) is 0 Å². The van der Waals surface area contributed by atoms with Crippen molar-refractivity contribution in [2.75, 3.05) is 19.6 Å². The smallest absolute Gasteiger partial charge is 0.255 e. The molecule has 0 saturated carbocycles. The number of rotatable bonds is 1. The molecule has 16 heavy (non-hydrogen) atoms. The number of piperazine rings is 1. The zero-order valence-electron chi connectivity index (χ0n) is 9.24. The van der Waals surface area contributed by atoms with Crippen molar-refractivity contribution < 1.29 is 4.79 Å². The zero-order chi connectivity index (χ0) is 11.5. The molecule has 0 radical (unpaired) electrons. The fraction of sp³-hybridized carbons (Fsp3) is 0.417. The van der Waals surface area contributed by atoms with E-state index in [0.29, 0.717) is 0 Å². The molecule has 2 rings (SSSR count). The molecule has 1 heterocycles. The molecule has 1 aromatic carbocycles. The van der Waals surface area contributed by atoms with Crippen molar-refractivity contribution in [2.45, 2.75) is 13.0 Å². The number of hydrogen-bond acceptors (Lipinski definition) is 2. The average Bonchev–Trinajstić information content (AvgIpc) is 2.29. The summed E-state index contributed by atoms with van der Waals surface area (Å²) in [6, 6.07) is 7.84. The van der Waals surface area contributed by atoms with Crippen molar-refractivity contribution in [3.05, 3.63) is 34.3 Å². The summed E-state index contributed by atoms with van der Waals surface area (Å²) < 4.78 is 0.866. The number of hydrogen-bond donors (Lipinski definition) is 1. The van der Waals surface area contributed by atoms with E-state index < -0.39 is 0 Å². The minimum absolute atomic E-state index is 0.112. The van der Waals surface area contributed by atoms with Crippen molar-refractivity contribution in [2.24, 2.45) is 0 Å². The molecular weight excluding hydrogens is 268 g/mol. The third-order valence-electron chi connectivity index (χ3n) is 2.87. The summed E-state index contributed by atoms with van der Waals surface area (Å²) in [4.78, 5) is 14.2. The van der Waals surface area contributed by atoms with Crippen LogP contribution in [0.2, 0.25) is 0 Å². The number of nitrogens with one attached hydrogen (secondary N) is 1. The van der Waals surface area contributed by atoms with Gasteiger partial charge >= 0.3 is 0 Å². The molecule has 1 fully saturated rings. The lowest BCUT2D eigenvalue weighted by atomic mass is 10.1. The van der Waals surface area contributed by atoms with Gasteiger partial charge in [-0.05, 0) is 35.0 Å². The van der Waals surface area contributed by atoms with Gasteiger partial charge in [0.05, 0.1) is 5.56 Å². The van der Waals surface area contributed by atoms with Crippen molar-refractivity contribution in [3.8, 4) is 0 Å². The lowest BCUT2D eigenvalue weighted by Gasteiger charge is -2.34. The van der Waals surface area contributed by atoms with Gasteiger partial charge in [0.2, 0.25) is 0 Å². The summed E-state index contributed by atoms with van der Waals surface area (Å²) in [6.07, 6.45) is 0. The van der Waals surface area contributed by atoms with Crippen LogP contribution < -0.4 is 5.32 Å². The van der Waals surface area contributed by atoms with Crippen LogP contribution in [-0.4, -0.2) is 36.5 Å². The van der Waals surface area contributed by atoms with Gasteiger partial charge in [-0.2, -0.15) is 0 Å². The highest BCUT2D eigenvalue weighted by atomic mass is 79.9. The molecule has 1 aliphatic heterocycles. The van der Waals surface area contributed by atoms with Gasteiger partial charge in [-0.25, -0.2) is 0 Å². The Kier molecular flexibility index (Phi) is 3.61. The summed E-state index contributed by atoms with van der Waals surface area (Å²) in [6.45, 7) is 4.60. The van der Waals surface area contributed by atoms with Crippen LogP contribution in [0.3, 0.4) is 0 Å². The lowest BCUT2D eigenvalue weighted by molar-refractivity contribution is 0.0655. The summed E-state index contributed by atoms with van der Waals surface area (Å²) >= 11 is 3.42. The molecule has 4 heteroatoms. The number of amides is 1. The largest absolute Gasteiger partial charge is 0.333 e. The molecule has 0 spiro atoms. The van der Waals surface area contributed by atoms with E-state index in [2.05, 4.69) is 28.2 Å². The number of nitrogens with zero attached hydrogens (tertiary/aromatic N) is 1. The first-order valence-corrected chi connectivity index (χ1v) is 6.25. The highest BCUT2D eigenvalue weighted by molar-refractivity contribution is 9.10. The maximum absolute atomic E-state index is 12.3. The number of carbonyl (C=O) groups is 1. The van der Waals surface area contributed by atoms with Gasteiger partial charge < -0.3 is 10.2 Å². The second-order valence-electron chi connectivity index (χ2n) is 4.03. The van der Waals surface area contributed by atoms with Crippen LogP contribution in [0.4, 0.5) is 0 Å². The summed E-state index contributed by atoms with van der Waals surface area (Å²) in [7, 11) is 0. The third-order valence-corrected chi connectivity index (χ3v) is 3.56. The van der Waals surface area contributed by atoms with E-state index >= 15 is 0 Å². The van der Waals surface area contributed by atoms with E-state index in [1.807, 2.05) is 29.2 Å². The molecule has 1 amide bonds.